The molecule has 0 spiro atoms. The lowest BCUT2D eigenvalue weighted by molar-refractivity contribution is -0.158. The van der Waals surface area contributed by atoms with E-state index in [1.165, 1.54) is 12.1 Å². The lowest BCUT2D eigenvalue weighted by atomic mass is 9.95. The Morgan fingerprint density at radius 2 is 1.53 bits per heavy atom. The number of benzene rings is 3. The van der Waals surface area contributed by atoms with Gasteiger partial charge in [0.15, 0.2) is 0 Å². The fourth-order valence-corrected chi connectivity index (χ4v) is 3.55. The molecule has 1 unspecified atom stereocenters. The molecule has 3 rings (SSSR count). The second kappa shape index (κ2) is 10.8. The Morgan fingerprint density at radius 1 is 0.889 bits per heavy atom. The number of alkyl halides is 3. The van der Waals surface area contributed by atoms with Crippen molar-refractivity contribution in [1.29, 1.82) is 0 Å². The number of carbonyl (C=O) groups excluding carboxylic acids is 1. The van der Waals surface area contributed by atoms with Crippen molar-refractivity contribution in [1.82, 2.24) is 0 Å². The van der Waals surface area contributed by atoms with Crippen LogP contribution in [0.2, 0.25) is 0 Å². The van der Waals surface area contributed by atoms with Gasteiger partial charge in [0.05, 0.1) is 17.9 Å². The summed E-state index contributed by atoms with van der Waals surface area (Å²) in [5, 5.41) is 9.58. The molecule has 0 saturated heterocycles. The first-order chi connectivity index (χ1) is 16.8. The predicted octanol–water partition coefficient (Wildman–Crippen LogP) is 6.85. The molecule has 0 aromatic heterocycles. The number of aliphatic carboxylic acids is 1. The highest BCUT2D eigenvalue weighted by molar-refractivity contribution is 5.83. The molecule has 0 amide bonds. The van der Waals surface area contributed by atoms with Crippen LogP contribution >= 0.6 is 0 Å². The van der Waals surface area contributed by atoms with E-state index >= 15 is 0 Å². The van der Waals surface area contributed by atoms with Crippen LogP contribution in [0.25, 0.3) is 11.1 Å². The summed E-state index contributed by atoms with van der Waals surface area (Å²) in [5.41, 5.74) is 1.26. The quantitative estimate of drug-likeness (QED) is 0.343. The minimum Gasteiger partial charge on any atom is -0.489 e. The highest BCUT2D eigenvalue weighted by Gasteiger charge is 2.30. The Balaban J connectivity index is 1.65. The van der Waals surface area contributed by atoms with Gasteiger partial charge in [-0.1, -0.05) is 42.5 Å². The SMILES string of the molecule is CC(C)(C)OC(=O)CC(C(=O)O)c1ccc(OCc2cccc(-c3ccc(C(F)(F)F)cc3)c2)cc1. The molecule has 0 radical (unpaired) electrons. The Hall–Kier alpha value is -3.81. The van der Waals surface area contributed by atoms with Gasteiger partial charge >= 0.3 is 18.1 Å². The average molecular weight is 501 g/mol. The zero-order chi connectivity index (χ0) is 26.5. The molecule has 1 N–H and O–H groups in total. The molecule has 0 bridgehead atoms. The number of halogens is 3. The van der Waals surface area contributed by atoms with Crippen molar-refractivity contribution in [3.63, 3.8) is 0 Å². The number of carboxylic acid groups (broad SMARTS) is 1. The van der Waals surface area contributed by atoms with Gasteiger partial charge in [-0.3, -0.25) is 9.59 Å². The van der Waals surface area contributed by atoms with Crippen LogP contribution in [0.5, 0.6) is 5.75 Å². The monoisotopic (exact) mass is 500 g/mol. The van der Waals surface area contributed by atoms with E-state index in [1.54, 1.807) is 57.2 Å². The molecule has 0 aliphatic carbocycles. The zero-order valence-electron chi connectivity index (χ0n) is 20.1. The molecule has 3 aromatic carbocycles. The van der Waals surface area contributed by atoms with Crippen LogP contribution in [-0.4, -0.2) is 22.6 Å². The minimum atomic E-state index is -4.38. The first-order valence-corrected chi connectivity index (χ1v) is 11.3. The first-order valence-electron chi connectivity index (χ1n) is 11.3. The smallest absolute Gasteiger partial charge is 0.416 e. The van der Waals surface area contributed by atoms with Crippen LogP contribution in [0.3, 0.4) is 0 Å². The van der Waals surface area contributed by atoms with Crippen LogP contribution in [0, 0.1) is 0 Å². The summed E-state index contributed by atoms with van der Waals surface area (Å²) < 4.78 is 49.5. The first kappa shape index (κ1) is 26.8. The molecule has 36 heavy (non-hydrogen) atoms. The number of carboxylic acids is 1. The largest absolute Gasteiger partial charge is 0.489 e. The van der Waals surface area contributed by atoms with Gasteiger partial charge in [0, 0.05) is 0 Å². The van der Waals surface area contributed by atoms with E-state index in [2.05, 4.69) is 0 Å². The highest BCUT2D eigenvalue weighted by Crippen LogP contribution is 2.31. The van der Waals surface area contributed by atoms with Gasteiger partial charge < -0.3 is 14.6 Å². The molecule has 5 nitrogen and oxygen atoms in total. The summed E-state index contributed by atoms with van der Waals surface area (Å²) in [6.45, 7) is 5.35. The van der Waals surface area contributed by atoms with Crippen LogP contribution in [0.1, 0.15) is 49.8 Å². The van der Waals surface area contributed by atoms with Crippen LogP contribution in [-0.2, 0) is 27.1 Å². The predicted molar refractivity (Wildman–Crippen MR) is 128 cm³/mol. The molecule has 0 aliphatic heterocycles. The van der Waals surface area contributed by atoms with Crippen molar-refractivity contribution >= 4 is 11.9 Å². The van der Waals surface area contributed by atoms with Gasteiger partial charge in [0.25, 0.3) is 0 Å². The Bertz CT molecular complexity index is 1190. The second-order valence-corrected chi connectivity index (χ2v) is 9.31. The standard InChI is InChI=1S/C28H27F3O5/c1-27(2,3)36-25(32)16-24(26(33)34)20-9-13-23(14-10-20)35-17-18-5-4-6-21(15-18)19-7-11-22(12-8-19)28(29,30)31/h4-15,24H,16-17H2,1-3H3,(H,33,34). The lowest BCUT2D eigenvalue weighted by Crippen LogP contribution is -2.26. The van der Waals surface area contributed by atoms with E-state index in [-0.39, 0.29) is 13.0 Å². The van der Waals surface area contributed by atoms with Gasteiger partial charge in [0.1, 0.15) is 18.0 Å². The van der Waals surface area contributed by atoms with E-state index in [9.17, 15) is 27.9 Å². The van der Waals surface area contributed by atoms with Crippen molar-refractivity contribution < 1.29 is 37.3 Å². The van der Waals surface area contributed by atoms with Crippen LogP contribution < -0.4 is 4.74 Å². The number of carbonyl (C=O) groups is 2. The average Bonchev–Trinajstić information content (AvgIpc) is 2.80. The Kier molecular flexibility index (Phi) is 8.07. The molecular weight excluding hydrogens is 473 g/mol. The van der Waals surface area contributed by atoms with Crippen LogP contribution in [0.4, 0.5) is 13.2 Å². The van der Waals surface area contributed by atoms with Gasteiger partial charge in [-0.2, -0.15) is 13.2 Å². The van der Waals surface area contributed by atoms with Gasteiger partial charge in [-0.25, -0.2) is 0 Å². The van der Waals surface area contributed by atoms with Crippen molar-refractivity contribution in [2.45, 2.75) is 51.5 Å². The normalized spacial score (nSPS) is 12.6. The summed E-state index contributed by atoms with van der Waals surface area (Å²) in [4.78, 5) is 23.8. The van der Waals surface area contributed by atoms with Crippen molar-refractivity contribution in [3.05, 3.63) is 89.5 Å². The van der Waals surface area contributed by atoms with E-state index < -0.39 is 35.2 Å². The van der Waals surface area contributed by atoms with E-state index in [0.29, 0.717) is 16.9 Å². The Labute approximate surface area is 207 Å². The van der Waals surface area contributed by atoms with Crippen molar-refractivity contribution in [2.75, 3.05) is 0 Å². The third-order valence-electron chi connectivity index (χ3n) is 5.25. The molecular formula is C28H27F3O5. The highest BCUT2D eigenvalue weighted by atomic mass is 19.4. The van der Waals surface area contributed by atoms with Crippen molar-refractivity contribution in [3.8, 4) is 16.9 Å². The van der Waals surface area contributed by atoms with Gasteiger partial charge in [0.2, 0.25) is 0 Å². The maximum atomic E-state index is 12.8. The Morgan fingerprint density at radius 3 is 2.08 bits per heavy atom. The molecule has 1 atom stereocenters. The number of ether oxygens (including phenoxy) is 2. The molecule has 3 aromatic rings. The maximum absolute atomic E-state index is 12.8. The summed E-state index contributed by atoms with van der Waals surface area (Å²) in [7, 11) is 0. The number of hydrogen-bond donors (Lipinski definition) is 1. The molecule has 8 heteroatoms. The lowest BCUT2D eigenvalue weighted by Gasteiger charge is -2.21. The van der Waals surface area contributed by atoms with E-state index in [0.717, 1.165) is 23.3 Å². The third kappa shape index (κ3) is 7.60. The van der Waals surface area contributed by atoms with Crippen LogP contribution in [0.15, 0.2) is 72.8 Å². The summed E-state index contributed by atoms with van der Waals surface area (Å²) in [5.74, 6) is -2.27. The molecule has 0 fully saturated rings. The number of rotatable bonds is 8. The zero-order valence-corrected chi connectivity index (χ0v) is 20.1. The molecule has 0 heterocycles. The van der Waals surface area contributed by atoms with E-state index in [4.69, 9.17) is 9.47 Å². The number of hydrogen-bond acceptors (Lipinski definition) is 4. The van der Waals surface area contributed by atoms with Gasteiger partial charge in [-0.05, 0) is 73.4 Å². The van der Waals surface area contributed by atoms with Gasteiger partial charge in [-0.15, -0.1) is 0 Å². The summed E-state index contributed by atoms with van der Waals surface area (Å²) >= 11 is 0. The fourth-order valence-electron chi connectivity index (χ4n) is 3.55. The fraction of sp³-hybridized carbons (Fsp3) is 0.286. The minimum absolute atomic E-state index is 0.202. The topological polar surface area (TPSA) is 72.8 Å². The second-order valence-electron chi connectivity index (χ2n) is 9.31. The molecule has 0 aliphatic rings. The summed E-state index contributed by atoms with van der Waals surface area (Å²) in [6.07, 6.45) is -4.67. The third-order valence-corrected chi connectivity index (χ3v) is 5.25. The molecule has 190 valence electrons. The van der Waals surface area contributed by atoms with E-state index in [1.807, 2.05) is 12.1 Å². The van der Waals surface area contributed by atoms with Crippen molar-refractivity contribution in [2.24, 2.45) is 0 Å². The summed E-state index contributed by atoms with van der Waals surface area (Å²) in [6, 6.07) is 18.7. The molecule has 0 saturated carbocycles. The maximum Gasteiger partial charge on any atom is 0.416 e. The number of esters is 1.